The summed E-state index contributed by atoms with van der Waals surface area (Å²) in [6, 6.07) is 10.7. The minimum absolute atomic E-state index is 0.203. The van der Waals surface area contributed by atoms with E-state index in [1.165, 1.54) is 0 Å². The van der Waals surface area contributed by atoms with E-state index >= 15 is 0 Å². The molecule has 1 unspecified atom stereocenters. The van der Waals surface area contributed by atoms with Crippen molar-refractivity contribution in [3.63, 3.8) is 0 Å². The zero-order chi connectivity index (χ0) is 27.9. The zero-order valence-corrected chi connectivity index (χ0v) is 22.8. The molecule has 2 aliphatic rings. The van der Waals surface area contributed by atoms with Gasteiger partial charge in [-0.05, 0) is 44.2 Å². The number of hydrogen-bond acceptors (Lipinski definition) is 5. The molecular formula is C27H28Cl2F3N5O2. The number of alkyl halides is 3. The van der Waals surface area contributed by atoms with Crippen LogP contribution in [-0.4, -0.2) is 72.1 Å². The van der Waals surface area contributed by atoms with Crippen molar-refractivity contribution >= 4 is 40.5 Å². The third-order valence-corrected chi connectivity index (χ3v) is 8.00. The van der Waals surface area contributed by atoms with Crippen LogP contribution in [0.1, 0.15) is 34.9 Å². The van der Waals surface area contributed by atoms with Crippen LogP contribution in [0.3, 0.4) is 0 Å². The quantitative estimate of drug-likeness (QED) is 0.389. The number of aromatic carboxylic acids is 1. The van der Waals surface area contributed by atoms with Crippen molar-refractivity contribution in [2.75, 3.05) is 56.1 Å². The lowest BCUT2D eigenvalue weighted by Crippen LogP contribution is -2.44. The number of carboxylic acids is 1. The van der Waals surface area contributed by atoms with Gasteiger partial charge in [-0.15, -0.1) is 0 Å². The van der Waals surface area contributed by atoms with Crippen LogP contribution in [0.5, 0.6) is 0 Å². The Balaban J connectivity index is 1.46. The van der Waals surface area contributed by atoms with Gasteiger partial charge in [0.15, 0.2) is 5.69 Å². The lowest BCUT2D eigenvalue weighted by molar-refractivity contribution is -0.145. The van der Waals surface area contributed by atoms with Gasteiger partial charge in [-0.2, -0.15) is 18.3 Å². The Hall–Kier alpha value is -2.95. The summed E-state index contributed by atoms with van der Waals surface area (Å²) in [5.74, 6) is -1.66. The lowest BCUT2D eigenvalue weighted by atomic mass is 9.99. The van der Waals surface area contributed by atoms with E-state index < -0.39 is 29.4 Å². The van der Waals surface area contributed by atoms with E-state index in [2.05, 4.69) is 21.9 Å². The second kappa shape index (κ2) is 10.9. The zero-order valence-electron chi connectivity index (χ0n) is 21.3. The fourth-order valence-electron chi connectivity index (χ4n) is 5.43. The second-order valence-electron chi connectivity index (χ2n) is 10.0. The van der Waals surface area contributed by atoms with Gasteiger partial charge in [0.2, 0.25) is 0 Å². The minimum Gasteiger partial charge on any atom is -0.478 e. The molecule has 2 saturated heterocycles. The summed E-state index contributed by atoms with van der Waals surface area (Å²) >= 11 is 13.2. The number of aromatic nitrogens is 2. The Morgan fingerprint density at radius 3 is 2.38 bits per heavy atom. The fraction of sp³-hybridized carbons (Fsp3) is 0.407. The van der Waals surface area contributed by atoms with Crippen molar-refractivity contribution in [1.29, 1.82) is 0 Å². The minimum atomic E-state index is -4.85. The van der Waals surface area contributed by atoms with Gasteiger partial charge in [0.05, 0.1) is 17.3 Å². The van der Waals surface area contributed by atoms with E-state index in [-0.39, 0.29) is 6.54 Å². The maximum Gasteiger partial charge on any atom is 0.433 e. The van der Waals surface area contributed by atoms with E-state index in [1.54, 1.807) is 12.1 Å². The molecule has 5 rings (SSSR count). The first-order valence-electron chi connectivity index (χ1n) is 12.7. The highest BCUT2D eigenvalue weighted by molar-refractivity contribution is 6.34. The smallest absolute Gasteiger partial charge is 0.433 e. The van der Waals surface area contributed by atoms with Crippen LogP contribution in [0.25, 0.3) is 11.1 Å². The molecule has 0 bridgehead atoms. The number of carboxylic acid groups (broad SMARTS) is 1. The maximum absolute atomic E-state index is 13.9. The van der Waals surface area contributed by atoms with E-state index in [0.29, 0.717) is 29.4 Å². The van der Waals surface area contributed by atoms with Gasteiger partial charge in [-0.3, -0.25) is 4.68 Å². The van der Waals surface area contributed by atoms with Crippen molar-refractivity contribution < 1.29 is 23.1 Å². The monoisotopic (exact) mass is 581 g/mol. The molecule has 2 aromatic carbocycles. The van der Waals surface area contributed by atoms with E-state index in [0.717, 1.165) is 59.6 Å². The van der Waals surface area contributed by atoms with Crippen LogP contribution < -0.4 is 9.80 Å². The Bertz CT molecular complexity index is 1370. The third kappa shape index (κ3) is 5.69. The van der Waals surface area contributed by atoms with Gasteiger partial charge < -0.3 is 19.8 Å². The van der Waals surface area contributed by atoms with Crippen LogP contribution in [0.4, 0.5) is 24.5 Å². The highest BCUT2D eigenvalue weighted by atomic mass is 35.5. The Labute approximate surface area is 234 Å². The Morgan fingerprint density at radius 2 is 1.72 bits per heavy atom. The van der Waals surface area contributed by atoms with Crippen molar-refractivity contribution in [3.8, 4) is 11.1 Å². The topological polar surface area (TPSA) is 64.8 Å². The van der Waals surface area contributed by atoms with E-state index in [4.69, 9.17) is 23.2 Å². The number of piperidine rings is 1. The molecule has 3 aromatic rings. The van der Waals surface area contributed by atoms with E-state index in [1.807, 2.05) is 29.2 Å². The highest BCUT2D eigenvalue weighted by Gasteiger charge is 2.42. The average molecular weight is 582 g/mol. The second-order valence-corrected chi connectivity index (χ2v) is 10.9. The molecule has 208 valence electrons. The molecule has 0 amide bonds. The summed E-state index contributed by atoms with van der Waals surface area (Å²) in [6.07, 6.45) is -3.06. The summed E-state index contributed by atoms with van der Waals surface area (Å²) in [5.41, 5.74) is 1.31. The molecule has 7 nitrogen and oxygen atoms in total. The molecule has 2 aliphatic heterocycles. The number of rotatable bonds is 5. The highest BCUT2D eigenvalue weighted by Crippen LogP contribution is 2.41. The maximum atomic E-state index is 13.9. The molecule has 0 aliphatic carbocycles. The van der Waals surface area contributed by atoms with Crippen LogP contribution in [0.2, 0.25) is 10.0 Å². The van der Waals surface area contributed by atoms with Crippen LogP contribution >= 0.6 is 23.2 Å². The third-order valence-electron chi connectivity index (χ3n) is 7.45. The molecule has 2 fully saturated rings. The fourth-order valence-corrected chi connectivity index (χ4v) is 5.87. The van der Waals surface area contributed by atoms with Crippen LogP contribution in [0.15, 0.2) is 42.6 Å². The molecule has 1 atom stereocenters. The first-order chi connectivity index (χ1) is 18.5. The molecule has 39 heavy (non-hydrogen) atoms. The molecule has 3 heterocycles. The number of piperazine rings is 1. The summed E-state index contributed by atoms with van der Waals surface area (Å²) < 4.78 is 42.4. The van der Waals surface area contributed by atoms with Crippen LogP contribution in [-0.2, 0) is 6.18 Å². The number of anilines is 2. The first kappa shape index (κ1) is 27.6. The SMILES string of the molecule is CN1CCN(c2ccc(-c3ccc(Cl)cc3N3CCCC(n4ncc(C(=O)O)c4C(F)(F)F)C3)c(Cl)c2)CC1. The summed E-state index contributed by atoms with van der Waals surface area (Å²) in [7, 11) is 2.10. The van der Waals surface area contributed by atoms with Crippen molar-refractivity contribution in [2.24, 2.45) is 0 Å². The molecule has 1 aromatic heterocycles. The van der Waals surface area contributed by atoms with Crippen LogP contribution in [0, 0.1) is 0 Å². The summed E-state index contributed by atoms with van der Waals surface area (Å²) in [4.78, 5) is 18.0. The number of nitrogens with zero attached hydrogens (tertiary/aromatic N) is 5. The molecule has 1 N–H and O–H groups in total. The van der Waals surface area contributed by atoms with E-state index in [9.17, 15) is 23.1 Å². The average Bonchev–Trinajstić information content (AvgIpc) is 3.36. The van der Waals surface area contributed by atoms with Gasteiger partial charge in [0, 0.05) is 66.8 Å². The normalized spacial score (nSPS) is 19.0. The van der Waals surface area contributed by atoms with Gasteiger partial charge in [-0.1, -0.05) is 35.3 Å². The predicted octanol–water partition coefficient (Wildman–Crippen LogP) is 6.17. The first-order valence-corrected chi connectivity index (χ1v) is 13.4. The Kier molecular flexibility index (Phi) is 7.72. The van der Waals surface area contributed by atoms with Gasteiger partial charge in [0.1, 0.15) is 5.56 Å². The lowest BCUT2D eigenvalue weighted by Gasteiger charge is -2.36. The molecule has 12 heteroatoms. The molecular weight excluding hydrogens is 554 g/mol. The molecule has 0 saturated carbocycles. The predicted molar refractivity (Wildman–Crippen MR) is 146 cm³/mol. The van der Waals surface area contributed by atoms with Crippen molar-refractivity contribution in [2.45, 2.75) is 25.1 Å². The number of hydrogen-bond donors (Lipinski definition) is 1. The number of benzene rings is 2. The number of halogens is 5. The van der Waals surface area contributed by atoms with Gasteiger partial charge in [-0.25, -0.2) is 4.79 Å². The van der Waals surface area contributed by atoms with Crippen molar-refractivity contribution in [3.05, 3.63) is 63.9 Å². The largest absolute Gasteiger partial charge is 0.478 e. The molecule has 0 spiro atoms. The van der Waals surface area contributed by atoms with Crippen molar-refractivity contribution in [1.82, 2.24) is 14.7 Å². The summed E-state index contributed by atoms with van der Waals surface area (Å²) in [5, 5.41) is 14.2. The number of likely N-dealkylation sites (N-methyl/N-ethyl adjacent to an activating group) is 1. The summed E-state index contributed by atoms with van der Waals surface area (Å²) in [6.45, 7) is 4.55. The van der Waals surface area contributed by atoms with Gasteiger partial charge in [0.25, 0.3) is 0 Å². The van der Waals surface area contributed by atoms with Gasteiger partial charge >= 0.3 is 12.1 Å². The standard InChI is InChI=1S/C27H28Cl2F3N5O2/c1-34-9-11-35(12-10-34)18-5-7-20(23(29)14-18)21-6-4-17(28)13-24(21)36-8-2-3-19(16-36)37-25(27(30,31)32)22(15-33-37)26(38)39/h4-7,13-15,19H,2-3,8-12,16H2,1H3,(H,38,39). The Morgan fingerprint density at radius 1 is 1.00 bits per heavy atom. The number of carbonyl (C=O) groups is 1. The molecule has 0 radical (unpaired) electrons.